The second-order valence-electron chi connectivity index (χ2n) is 4.20. The number of ether oxygens (including phenoxy) is 1. The molecule has 0 saturated heterocycles. The number of halogens is 1. The molecular weight excluding hydrogens is 264 g/mol. The molecule has 0 aliphatic carbocycles. The van der Waals surface area contributed by atoms with Gasteiger partial charge < -0.3 is 4.74 Å². The molecule has 0 fully saturated rings. The van der Waals surface area contributed by atoms with Crippen LogP contribution in [0.25, 0.3) is 0 Å². The predicted octanol–water partition coefficient (Wildman–Crippen LogP) is 5.11. The van der Waals surface area contributed by atoms with Crippen LogP contribution in [0.5, 0.6) is 5.75 Å². The molecule has 0 radical (unpaired) electrons. The number of hydrogen-bond acceptors (Lipinski definition) is 1. The van der Waals surface area contributed by atoms with E-state index in [-0.39, 0.29) is 0 Å². The highest BCUT2D eigenvalue weighted by Gasteiger charge is 2.00. The summed E-state index contributed by atoms with van der Waals surface area (Å²) < 4.78 is 6.78. The lowest BCUT2D eigenvalue weighted by molar-refractivity contribution is 0.303. The Bertz CT molecular complexity index is 310. The molecule has 1 aromatic carbocycles. The van der Waals surface area contributed by atoms with Gasteiger partial charge in [0.05, 0.1) is 11.1 Å². The molecule has 0 atom stereocenters. The summed E-state index contributed by atoms with van der Waals surface area (Å²) in [5.74, 6) is 0.959. The van der Waals surface area contributed by atoms with Crippen molar-refractivity contribution in [2.45, 2.75) is 46.0 Å². The highest BCUT2D eigenvalue weighted by molar-refractivity contribution is 9.10. The van der Waals surface area contributed by atoms with Crippen LogP contribution in [0.15, 0.2) is 22.7 Å². The Labute approximate surface area is 107 Å². The maximum absolute atomic E-state index is 5.73. The highest BCUT2D eigenvalue weighted by atomic mass is 79.9. The molecule has 1 rings (SSSR count). The zero-order valence-corrected chi connectivity index (χ0v) is 11.8. The summed E-state index contributed by atoms with van der Waals surface area (Å²) in [4.78, 5) is 0. The molecule has 0 unspecified atom stereocenters. The molecule has 0 spiro atoms. The van der Waals surface area contributed by atoms with E-state index in [0.29, 0.717) is 0 Å². The first kappa shape index (κ1) is 13.6. The molecule has 0 aromatic heterocycles. The first-order chi connectivity index (χ1) is 7.74. The maximum Gasteiger partial charge on any atom is 0.133 e. The van der Waals surface area contributed by atoms with Gasteiger partial charge in [-0.05, 0) is 47.0 Å². The Balaban J connectivity index is 2.21. The SMILES string of the molecule is CCCCCCCOc1ccc(C)cc1Br. The van der Waals surface area contributed by atoms with E-state index < -0.39 is 0 Å². The van der Waals surface area contributed by atoms with Crippen LogP contribution in [-0.4, -0.2) is 6.61 Å². The Morgan fingerprint density at radius 3 is 2.56 bits per heavy atom. The average molecular weight is 285 g/mol. The van der Waals surface area contributed by atoms with Gasteiger partial charge in [0, 0.05) is 0 Å². The van der Waals surface area contributed by atoms with E-state index in [4.69, 9.17) is 4.74 Å². The largest absolute Gasteiger partial charge is 0.492 e. The van der Waals surface area contributed by atoms with Crippen LogP contribution in [0.4, 0.5) is 0 Å². The summed E-state index contributed by atoms with van der Waals surface area (Å²) in [6.45, 7) is 5.14. The molecule has 0 saturated carbocycles. The first-order valence-corrected chi connectivity index (χ1v) is 6.92. The fraction of sp³-hybridized carbons (Fsp3) is 0.571. The second kappa shape index (κ2) is 7.72. The molecule has 0 amide bonds. The third kappa shape index (κ3) is 5.02. The normalized spacial score (nSPS) is 10.4. The topological polar surface area (TPSA) is 9.23 Å². The number of unbranched alkanes of at least 4 members (excludes halogenated alkanes) is 4. The fourth-order valence-electron chi connectivity index (χ4n) is 1.61. The zero-order valence-electron chi connectivity index (χ0n) is 10.3. The standard InChI is InChI=1S/C14H21BrO/c1-3-4-5-6-7-10-16-14-9-8-12(2)11-13(14)15/h8-9,11H,3-7,10H2,1-2H3. The molecule has 1 nitrogen and oxygen atoms in total. The van der Waals surface area contributed by atoms with Crippen molar-refractivity contribution in [1.82, 2.24) is 0 Å². The van der Waals surface area contributed by atoms with E-state index in [2.05, 4.69) is 41.9 Å². The highest BCUT2D eigenvalue weighted by Crippen LogP contribution is 2.25. The van der Waals surface area contributed by atoms with Crippen LogP contribution in [0.3, 0.4) is 0 Å². The van der Waals surface area contributed by atoms with Crippen molar-refractivity contribution in [3.8, 4) is 5.75 Å². The lowest BCUT2D eigenvalue weighted by atomic mass is 10.2. The minimum absolute atomic E-state index is 0.825. The molecule has 2 heteroatoms. The number of aryl methyl sites for hydroxylation is 1. The summed E-state index contributed by atoms with van der Waals surface area (Å²) in [7, 11) is 0. The molecule has 0 aliphatic rings. The smallest absolute Gasteiger partial charge is 0.133 e. The van der Waals surface area contributed by atoms with Gasteiger partial charge in [0.15, 0.2) is 0 Å². The first-order valence-electron chi connectivity index (χ1n) is 6.13. The van der Waals surface area contributed by atoms with E-state index in [1.54, 1.807) is 0 Å². The van der Waals surface area contributed by atoms with Gasteiger partial charge in [-0.3, -0.25) is 0 Å². The number of rotatable bonds is 7. The third-order valence-corrected chi connectivity index (χ3v) is 3.21. The van der Waals surface area contributed by atoms with Crippen molar-refractivity contribution in [1.29, 1.82) is 0 Å². The summed E-state index contributed by atoms with van der Waals surface area (Å²) in [6.07, 6.45) is 6.39. The predicted molar refractivity (Wildman–Crippen MR) is 73.1 cm³/mol. The summed E-state index contributed by atoms with van der Waals surface area (Å²) in [5.41, 5.74) is 1.25. The van der Waals surface area contributed by atoms with Gasteiger partial charge in [-0.1, -0.05) is 38.7 Å². The van der Waals surface area contributed by atoms with Gasteiger partial charge in [0.25, 0.3) is 0 Å². The van der Waals surface area contributed by atoms with Crippen molar-refractivity contribution in [3.05, 3.63) is 28.2 Å². The van der Waals surface area contributed by atoms with Crippen LogP contribution in [0, 0.1) is 6.92 Å². The van der Waals surface area contributed by atoms with Crippen molar-refractivity contribution in [2.24, 2.45) is 0 Å². The summed E-state index contributed by atoms with van der Waals surface area (Å²) in [6, 6.07) is 6.20. The monoisotopic (exact) mass is 284 g/mol. The van der Waals surface area contributed by atoms with Crippen molar-refractivity contribution >= 4 is 15.9 Å². The van der Waals surface area contributed by atoms with E-state index in [0.717, 1.165) is 23.2 Å². The lowest BCUT2D eigenvalue weighted by Gasteiger charge is -2.08. The molecule has 90 valence electrons. The molecule has 1 aromatic rings. The van der Waals surface area contributed by atoms with E-state index in [9.17, 15) is 0 Å². The Morgan fingerprint density at radius 1 is 1.12 bits per heavy atom. The van der Waals surface area contributed by atoms with Crippen LogP contribution in [0.1, 0.15) is 44.6 Å². The van der Waals surface area contributed by atoms with Gasteiger partial charge in [0.1, 0.15) is 5.75 Å². The Kier molecular flexibility index (Phi) is 6.55. The maximum atomic E-state index is 5.73. The van der Waals surface area contributed by atoms with E-state index in [1.165, 1.54) is 31.2 Å². The minimum atomic E-state index is 0.825. The quantitative estimate of drug-likeness (QED) is 0.633. The lowest BCUT2D eigenvalue weighted by Crippen LogP contribution is -1.98. The fourth-order valence-corrected chi connectivity index (χ4v) is 2.22. The van der Waals surface area contributed by atoms with Gasteiger partial charge in [0.2, 0.25) is 0 Å². The van der Waals surface area contributed by atoms with Gasteiger partial charge in [-0.2, -0.15) is 0 Å². The molecular formula is C14H21BrO. The Morgan fingerprint density at radius 2 is 1.88 bits per heavy atom. The van der Waals surface area contributed by atoms with E-state index >= 15 is 0 Å². The Hall–Kier alpha value is -0.500. The number of hydrogen-bond donors (Lipinski definition) is 0. The average Bonchev–Trinajstić information content (AvgIpc) is 2.26. The second-order valence-corrected chi connectivity index (χ2v) is 5.05. The van der Waals surface area contributed by atoms with Crippen LogP contribution in [-0.2, 0) is 0 Å². The van der Waals surface area contributed by atoms with Crippen molar-refractivity contribution in [2.75, 3.05) is 6.61 Å². The molecule has 0 bridgehead atoms. The molecule has 0 aliphatic heterocycles. The zero-order chi connectivity index (χ0) is 11.8. The molecule has 0 N–H and O–H groups in total. The minimum Gasteiger partial charge on any atom is -0.492 e. The van der Waals surface area contributed by atoms with Crippen molar-refractivity contribution < 1.29 is 4.74 Å². The van der Waals surface area contributed by atoms with Crippen molar-refractivity contribution in [3.63, 3.8) is 0 Å². The summed E-state index contributed by atoms with van der Waals surface area (Å²) >= 11 is 3.52. The van der Waals surface area contributed by atoms with Crippen LogP contribution < -0.4 is 4.74 Å². The molecule has 16 heavy (non-hydrogen) atoms. The van der Waals surface area contributed by atoms with Gasteiger partial charge in [-0.25, -0.2) is 0 Å². The van der Waals surface area contributed by atoms with Crippen LogP contribution >= 0.6 is 15.9 Å². The molecule has 0 heterocycles. The van der Waals surface area contributed by atoms with Gasteiger partial charge in [-0.15, -0.1) is 0 Å². The van der Waals surface area contributed by atoms with E-state index in [1.807, 2.05) is 6.07 Å². The van der Waals surface area contributed by atoms with Gasteiger partial charge >= 0.3 is 0 Å². The third-order valence-electron chi connectivity index (χ3n) is 2.59. The number of benzene rings is 1. The summed E-state index contributed by atoms with van der Waals surface area (Å²) in [5, 5.41) is 0. The van der Waals surface area contributed by atoms with Crippen LogP contribution in [0.2, 0.25) is 0 Å².